The first-order valence-corrected chi connectivity index (χ1v) is 5.46. The van der Waals surface area contributed by atoms with Gasteiger partial charge in [0.05, 0.1) is 5.69 Å². The van der Waals surface area contributed by atoms with Crippen LogP contribution >= 0.6 is 0 Å². The van der Waals surface area contributed by atoms with Gasteiger partial charge in [0.2, 0.25) is 5.95 Å². The molecule has 1 heterocycles. The molecule has 4 heteroatoms. The molecule has 0 aliphatic heterocycles. The summed E-state index contributed by atoms with van der Waals surface area (Å²) in [5.41, 5.74) is 8.87. The van der Waals surface area contributed by atoms with Crippen molar-refractivity contribution in [1.82, 2.24) is 9.97 Å². The van der Waals surface area contributed by atoms with Crippen LogP contribution < -0.4 is 10.6 Å². The number of hydrogen-bond acceptors (Lipinski definition) is 4. The minimum absolute atomic E-state index is 0.521. The molecule has 0 saturated heterocycles. The fraction of sp³-hybridized carbons (Fsp3) is 0.231. The van der Waals surface area contributed by atoms with Crippen LogP contribution in [-0.4, -0.2) is 24.1 Å². The minimum Gasteiger partial charge on any atom is -0.383 e. The number of benzene rings is 1. The average molecular weight is 228 g/mol. The van der Waals surface area contributed by atoms with Gasteiger partial charge in [-0.1, -0.05) is 30.3 Å². The van der Waals surface area contributed by atoms with Crippen molar-refractivity contribution in [3.8, 4) is 11.1 Å². The summed E-state index contributed by atoms with van der Waals surface area (Å²) in [7, 11) is 3.80. The second-order valence-electron chi connectivity index (χ2n) is 4.13. The number of nitrogen functional groups attached to an aromatic ring is 1. The van der Waals surface area contributed by atoms with Gasteiger partial charge in [-0.05, 0) is 12.5 Å². The van der Waals surface area contributed by atoms with Gasteiger partial charge in [0, 0.05) is 19.7 Å². The maximum Gasteiger partial charge on any atom is 0.227 e. The Hall–Kier alpha value is -2.10. The number of aryl methyl sites for hydroxylation is 1. The minimum atomic E-state index is 0.521. The van der Waals surface area contributed by atoms with E-state index in [0.717, 1.165) is 16.8 Å². The number of anilines is 2. The zero-order valence-corrected chi connectivity index (χ0v) is 10.3. The van der Waals surface area contributed by atoms with Gasteiger partial charge >= 0.3 is 0 Å². The van der Waals surface area contributed by atoms with E-state index >= 15 is 0 Å². The summed E-state index contributed by atoms with van der Waals surface area (Å²) in [5.74, 6) is 1.16. The molecule has 0 fully saturated rings. The Morgan fingerprint density at radius 3 is 2.24 bits per heavy atom. The van der Waals surface area contributed by atoms with Crippen LogP contribution in [0.3, 0.4) is 0 Å². The maximum atomic E-state index is 6.01. The number of rotatable bonds is 2. The third kappa shape index (κ3) is 2.20. The molecule has 1 aromatic carbocycles. The van der Waals surface area contributed by atoms with E-state index in [9.17, 15) is 0 Å². The van der Waals surface area contributed by atoms with Crippen molar-refractivity contribution in [3.63, 3.8) is 0 Å². The van der Waals surface area contributed by atoms with Crippen molar-refractivity contribution < 1.29 is 0 Å². The van der Waals surface area contributed by atoms with E-state index in [2.05, 4.69) is 9.97 Å². The lowest BCUT2D eigenvalue weighted by Crippen LogP contribution is -2.15. The molecule has 0 unspecified atom stereocenters. The van der Waals surface area contributed by atoms with Crippen molar-refractivity contribution in [1.29, 1.82) is 0 Å². The van der Waals surface area contributed by atoms with Crippen LogP contribution in [0.1, 0.15) is 5.69 Å². The molecule has 2 rings (SSSR count). The van der Waals surface area contributed by atoms with Crippen LogP contribution in [0.25, 0.3) is 11.1 Å². The largest absolute Gasteiger partial charge is 0.383 e. The van der Waals surface area contributed by atoms with Crippen LogP contribution in [0.4, 0.5) is 11.8 Å². The van der Waals surface area contributed by atoms with Crippen molar-refractivity contribution >= 4 is 11.8 Å². The molecule has 2 aromatic rings. The Bertz CT molecular complexity index is 497. The number of aromatic nitrogens is 2. The van der Waals surface area contributed by atoms with Crippen LogP contribution in [0.5, 0.6) is 0 Å². The van der Waals surface area contributed by atoms with E-state index in [1.165, 1.54) is 0 Å². The van der Waals surface area contributed by atoms with Crippen molar-refractivity contribution in [2.45, 2.75) is 6.92 Å². The average Bonchev–Trinajstić information content (AvgIpc) is 2.29. The molecule has 88 valence electrons. The molecule has 1 aromatic heterocycles. The first-order valence-electron chi connectivity index (χ1n) is 5.46. The molecule has 0 amide bonds. The Morgan fingerprint density at radius 2 is 1.71 bits per heavy atom. The molecule has 0 radical (unpaired) electrons. The summed E-state index contributed by atoms with van der Waals surface area (Å²) in [6.45, 7) is 1.95. The van der Waals surface area contributed by atoms with E-state index < -0.39 is 0 Å². The molecular weight excluding hydrogens is 212 g/mol. The van der Waals surface area contributed by atoms with Crippen LogP contribution in [-0.2, 0) is 0 Å². The first-order chi connectivity index (χ1) is 8.09. The lowest BCUT2D eigenvalue weighted by molar-refractivity contribution is 0.984. The highest BCUT2D eigenvalue weighted by molar-refractivity contribution is 5.76. The van der Waals surface area contributed by atoms with Crippen LogP contribution in [0.2, 0.25) is 0 Å². The SMILES string of the molecule is Cc1nc(N(C)C)nc(N)c1-c1ccccc1. The van der Waals surface area contributed by atoms with Crippen LogP contribution in [0, 0.1) is 6.92 Å². The Balaban J connectivity index is 2.57. The molecule has 0 spiro atoms. The first kappa shape index (κ1) is 11.4. The Morgan fingerprint density at radius 1 is 1.06 bits per heavy atom. The highest BCUT2D eigenvalue weighted by Gasteiger charge is 2.11. The van der Waals surface area contributed by atoms with E-state index in [4.69, 9.17) is 5.73 Å². The standard InChI is InChI=1S/C13H16N4/c1-9-11(10-7-5-4-6-8-10)12(14)16-13(15-9)17(2)3/h4-8H,1-3H3,(H2,14,15,16). The summed E-state index contributed by atoms with van der Waals surface area (Å²) in [6, 6.07) is 9.96. The molecule has 0 bridgehead atoms. The third-order valence-electron chi connectivity index (χ3n) is 2.57. The molecule has 0 saturated carbocycles. The summed E-state index contributed by atoms with van der Waals surface area (Å²) < 4.78 is 0. The number of nitrogens with zero attached hydrogens (tertiary/aromatic N) is 3. The zero-order valence-electron chi connectivity index (χ0n) is 10.3. The fourth-order valence-electron chi connectivity index (χ4n) is 1.74. The van der Waals surface area contributed by atoms with Crippen molar-refractivity contribution in [3.05, 3.63) is 36.0 Å². The molecule has 0 atom stereocenters. The zero-order chi connectivity index (χ0) is 12.4. The molecule has 0 aliphatic rings. The van der Waals surface area contributed by atoms with E-state index in [-0.39, 0.29) is 0 Å². The van der Waals surface area contributed by atoms with Crippen molar-refractivity contribution in [2.75, 3.05) is 24.7 Å². The van der Waals surface area contributed by atoms with Gasteiger partial charge in [-0.2, -0.15) is 4.98 Å². The Labute approximate surface area is 101 Å². The van der Waals surface area contributed by atoms with Gasteiger partial charge in [-0.25, -0.2) is 4.98 Å². The van der Waals surface area contributed by atoms with Gasteiger partial charge in [0.1, 0.15) is 5.82 Å². The molecule has 4 nitrogen and oxygen atoms in total. The summed E-state index contributed by atoms with van der Waals surface area (Å²) >= 11 is 0. The third-order valence-corrected chi connectivity index (χ3v) is 2.57. The van der Waals surface area contributed by atoms with Gasteiger partial charge in [-0.15, -0.1) is 0 Å². The summed E-state index contributed by atoms with van der Waals surface area (Å²) in [6.07, 6.45) is 0. The van der Waals surface area contributed by atoms with Gasteiger partial charge in [0.25, 0.3) is 0 Å². The second kappa shape index (κ2) is 4.41. The predicted molar refractivity (Wildman–Crippen MR) is 70.9 cm³/mol. The van der Waals surface area contributed by atoms with Crippen molar-refractivity contribution in [2.24, 2.45) is 0 Å². The molecule has 17 heavy (non-hydrogen) atoms. The number of nitrogens with two attached hydrogens (primary N) is 1. The fourth-order valence-corrected chi connectivity index (χ4v) is 1.74. The molecule has 2 N–H and O–H groups in total. The molecule has 0 aliphatic carbocycles. The topological polar surface area (TPSA) is 55.0 Å². The van der Waals surface area contributed by atoms with E-state index in [1.807, 2.05) is 56.3 Å². The number of hydrogen-bond donors (Lipinski definition) is 1. The highest BCUT2D eigenvalue weighted by atomic mass is 15.2. The summed E-state index contributed by atoms with van der Waals surface area (Å²) in [5, 5.41) is 0. The smallest absolute Gasteiger partial charge is 0.227 e. The van der Waals surface area contributed by atoms with Crippen LogP contribution in [0.15, 0.2) is 30.3 Å². The second-order valence-corrected chi connectivity index (χ2v) is 4.13. The van der Waals surface area contributed by atoms with Gasteiger partial charge in [0.15, 0.2) is 0 Å². The summed E-state index contributed by atoms with van der Waals surface area (Å²) in [4.78, 5) is 10.6. The lowest BCUT2D eigenvalue weighted by Gasteiger charge is -2.14. The normalized spacial score (nSPS) is 10.3. The lowest BCUT2D eigenvalue weighted by atomic mass is 10.1. The Kier molecular flexibility index (Phi) is 2.95. The highest BCUT2D eigenvalue weighted by Crippen LogP contribution is 2.28. The van der Waals surface area contributed by atoms with E-state index in [0.29, 0.717) is 11.8 Å². The monoisotopic (exact) mass is 228 g/mol. The predicted octanol–water partition coefficient (Wildman–Crippen LogP) is 2.10. The van der Waals surface area contributed by atoms with Gasteiger partial charge in [-0.3, -0.25) is 0 Å². The van der Waals surface area contributed by atoms with E-state index in [1.54, 1.807) is 0 Å². The van der Waals surface area contributed by atoms with Gasteiger partial charge < -0.3 is 10.6 Å². The quantitative estimate of drug-likeness (QED) is 0.855. The maximum absolute atomic E-state index is 6.01. The molecular formula is C13H16N4.